The molecule has 12 nitrogen and oxygen atoms in total. The number of Topliss-reactive ketones (excluding diaryl/α,β-unsaturated/α-hetero) is 1. The van der Waals surface area contributed by atoms with Crippen molar-refractivity contribution in [3.8, 4) is 0 Å². The molecule has 2 aromatic rings. The second-order valence-electron chi connectivity index (χ2n) is 11.9. The number of esters is 2. The first kappa shape index (κ1) is 36.1. The van der Waals surface area contributed by atoms with E-state index in [-0.39, 0.29) is 24.7 Å². The lowest BCUT2D eigenvalue weighted by molar-refractivity contribution is -0.160. The van der Waals surface area contributed by atoms with Gasteiger partial charge in [0, 0.05) is 5.75 Å². The van der Waals surface area contributed by atoms with Gasteiger partial charge in [-0.3, -0.25) is 19.2 Å². The monoisotopic (exact) mass is 655 g/mol. The maximum absolute atomic E-state index is 13.8. The molecule has 1 aliphatic rings. The largest absolute Gasteiger partial charge is 0.460 e. The van der Waals surface area contributed by atoms with Crippen LogP contribution in [0.5, 0.6) is 0 Å². The number of nitrogens with zero attached hydrogens (tertiary/aromatic N) is 1. The summed E-state index contributed by atoms with van der Waals surface area (Å²) in [5, 5.41) is 5.19. The Morgan fingerprint density at radius 2 is 1.54 bits per heavy atom. The van der Waals surface area contributed by atoms with Crippen molar-refractivity contribution >= 4 is 47.4 Å². The highest BCUT2D eigenvalue weighted by Crippen LogP contribution is 2.23. The highest BCUT2D eigenvalue weighted by molar-refractivity contribution is 7.99. The van der Waals surface area contributed by atoms with Gasteiger partial charge in [-0.1, -0.05) is 60.7 Å². The topological polar surface area (TPSA) is 157 Å². The summed E-state index contributed by atoms with van der Waals surface area (Å²) >= 11 is 1.33. The van der Waals surface area contributed by atoms with Crippen LogP contribution in [0.2, 0.25) is 0 Å². The summed E-state index contributed by atoms with van der Waals surface area (Å²) in [6, 6.07) is 16.3. The van der Waals surface area contributed by atoms with E-state index in [1.54, 1.807) is 89.2 Å². The van der Waals surface area contributed by atoms with Gasteiger partial charge in [-0.2, -0.15) is 0 Å². The minimum atomic E-state index is -1.42. The van der Waals surface area contributed by atoms with Crippen molar-refractivity contribution in [1.29, 1.82) is 0 Å². The fourth-order valence-corrected chi connectivity index (χ4v) is 5.57. The van der Waals surface area contributed by atoms with E-state index in [1.165, 1.54) is 16.7 Å². The molecule has 0 spiro atoms. The van der Waals surface area contributed by atoms with Crippen molar-refractivity contribution in [3.05, 3.63) is 71.8 Å². The van der Waals surface area contributed by atoms with E-state index in [0.29, 0.717) is 5.56 Å². The molecule has 2 aromatic carbocycles. The van der Waals surface area contributed by atoms with Gasteiger partial charge in [-0.15, -0.1) is 11.8 Å². The molecule has 0 aromatic heterocycles. The molecule has 1 aliphatic heterocycles. The third kappa shape index (κ3) is 11.5. The van der Waals surface area contributed by atoms with Crippen molar-refractivity contribution in [2.75, 3.05) is 11.6 Å². The second-order valence-corrected chi connectivity index (χ2v) is 12.9. The molecule has 13 heteroatoms. The van der Waals surface area contributed by atoms with Gasteiger partial charge in [0.15, 0.2) is 0 Å². The van der Waals surface area contributed by atoms with Crippen LogP contribution in [0.3, 0.4) is 0 Å². The van der Waals surface area contributed by atoms with Crippen LogP contribution in [0.1, 0.15) is 52.2 Å². The zero-order valence-electron chi connectivity index (χ0n) is 26.6. The molecule has 3 rings (SSSR count). The van der Waals surface area contributed by atoms with Crippen LogP contribution >= 0.6 is 11.8 Å². The fourth-order valence-electron chi connectivity index (χ4n) is 4.47. The molecule has 0 aliphatic carbocycles. The molecule has 0 bridgehead atoms. The molecule has 1 fully saturated rings. The summed E-state index contributed by atoms with van der Waals surface area (Å²) in [6.07, 6.45) is -2.95. The molecule has 46 heavy (non-hydrogen) atoms. The second kappa shape index (κ2) is 16.8. The molecular weight excluding hydrogens is 614 g/mol. The number of ether oxygens (including phenoxy) is 3. The maximum Gasteiger partial charge on any atom is 0.408 e. The lowest BCUT2D eigenvalue weighted by atomic mass is 9.94. The highest BCUT2D eigenvalue weighted by Gasteiger charge is 2.40. The Morgan fingerprint density at radius 1 is 0.935 bits per heavy atom. The summed E-state index contributed by atoms with van der Waals surface area (Å²) in [4.78, 5) is 79.8. The van der Waals surface area contributed by atoms with Crippen molar-refractivity contribution in [2.24, 2.45) is 5.92 Å². The van der Waals surface area contributed by atoms with E-state index in [4.69, 9.17) is 14.2 Å². The smallest absolute Gasteiger partial charge is 0.408 e. The molecule has 1 saturated heterocycles. The van der Waals surface area contributed by atoms with Crippen LogP contribution in [0, 0.1) is 5.92 Å². The Bertz CT molecular complexity index is 1380. The molecule has 0 unspecified atom stereocenters. The lowest BCUT2D eigenvalue weighted by Gasteiger charge is -2.30. The SMILES string of the molecule is CC(C)OC(=O)C(=O)[C@H](Cc1ccccc1)C(=O)N[C@H]1CSCN1C(=O)[C@H](CC(=O)OC(C)(C)C)NC(=O)OCc1ccccc1. The van der Waals surface area contributed by atoms with E-state index in [2.05, 4.69) is 10.6 Å². The normalized spacial score (nSPS) is 15.8. The van der Waals surface area contributed by atoms with Crippen molar-refractivity contribution < 1.29 is 43.0 Å². The van der Waals surface area contributed by atoms with Crippen molar-refractivity contribution in [3.63, 3.8) is 0 Å². The van der Waals surface area contributed by atoms with Gasteiger partial charge in [-0.25, -0.2) is 9.59 Å². The summed E-state index contributed by atoms with van der Waals surface area (Å²) in [5.74, 6) is -5.32. The predicted molar refractivity (Wildman–Crippen MR) is 170 cm³/mol. The Labute approximate surface area is 272 Å². The zero-order valence-corrected chi connectivity index (χ0v) is 27.5. The molecule has 2 N–H and O–H groups in total. The fraction of sp³-hybridized carbons (Fsp3) is 0.455. The molecule has 0 saturated carbocycles. The van der Waals surface area contributed by atoms with Gasteiger partial charge >= 0.3 is 18.0 Å². The summed E-state index contributed by atoms with van der Waals surface area (Å²) in [7, 11) is 0. The first-order valence-corrected chi connectivity index (χ1v) is 16.1. The van der Waals surface area contributed by atoms with Gasteiger partial charge < -0.3 is 29.7 Å². The zero-order chi connectivity index (χ0) is 33.9. The van der Waals surface area contributed by atoms with Gasteiger partial charge in [0.25, 0.3) is 5.78 Å². The molecule has 1 heterocycles. The van der Waals surface area contributed by atoms with Crippen LogP contribution in [-0.4, -0.2) is 76.1 Å². The average Bonchev–Trinajstić information content (AvgIpc) is 3.45. The highest BCUT2D eigenvalue weighted by atomic mass is 32.2. The van der Waals surface area contributed by atoms with Gasteiger partial charge in [0.05, 0.1) is 18.4 Å². The number of rotatable bonds is 13. The number of hydrogen-bond acceptors (Lipinski definition) is 10. The Hall–Kier alpha value is -4.39. The van der Waals surface area contributed by atoms with Gasteiger partial charge in [-0.05, 0) is 52.2 Å². The van der Waals surface area contributed by atoms with Gasteiger partial charge in [0.1, 0.15) is 30.3 Å². The molecule has 3 amide bonds. The number of carbonyl (C=O) groups excluding carboxylic acids is 6. The summed E-state index contributed by atoms with van der Waals surface area (Å²) < 4.78 is 15.7. The number of thioether (sulfide) groups is 1. The summed E-state index contributed by atoms with van der Waals surface area (Å²) in [5.41, 5.74) is 0.538. The first-order valence-electron chi connectivity index (χ1n) is 14.9. The number of ketones is 1. The van der Waals surface area contributed by atoms with Crippen molar-refractivity contribution in [2.45, 2.75) is 78.0 Å². The third-order valence-corrected chi connectivity index (χ3v) is 7.54. The van der Waals surface area contributed by atoms with E-state index >= 15 is 0 Å². The minimum Gasteiger partial charge on any atom is -0.460 e. The molecule has 248 valence electrons. The molecule has 0 radical (unpaired) electrons. The minimum absolute atomic E-state index is 0.0612. The van der Waals surface area contributed by atoms with Crippen molar-refractivity contribution in [1.82, 2.24) is 15.5 Å². The van der Waals surface area contributed by atoms with Crippen LogP contribution in [0.4, 0.5) is 4.79 Å². The van der Waals surface area contributed by atoms with Crippen LogP contribution < -0.4 is 10.6 Å². The number of carbonyl (C=O) groups is 6. The van der Waals surface area contributed by atoms with Gasteiger partial charge in [0.2, 0.25) is 11.8 Å². The Balaban J connectivity index is 1.77. The maximum atomic E-state index is 13.8. The molecular formula is C33H41N3O9S. The van der Waals surface area contributed by atoms with E-state index < -0.39 is 71.9 Å². The van der Waals surface area contributed by atoms with E-state index in [1.807, 2.05) is 6.07 Å². The Morgan fingerprint density at radius 3 is 2.13 bits per heavy atom. The molecule has 3 atom stereocenters. The predicted octanol–water partition coefficient (Wildman–Crippen LogP) is 3.37. The van der Waals surface area contributed by atoms with Crippen LogP contribution in [0.25, 0.3) is 0 Å². The number of hydrogen-bond donors (Lipinski definition) is 2. The number of nitrogens with one attached hydrogen (secondary N) is 2. The van der Waals surface area contributed by atoms with Crippen LogP contribution in [0.15, 0.2) is 60.7 Å². The van der Waals surface area contributed by atoms with E-state index in [0.717, 1.165) is 5.56 Å². The standard InChI is InChI=1S/C33H41N3O9S/c1-21(2)44-31(41)28(38)24(16-22-12-8-6-9-13-22)29(39)35-26-19-46-20-36(26)30(40)25(17-27(37)45-33(3,4)5)34-32(42)43-18-23-14-10-7-11-15-23/h6-15,21,24-26H,16-20H2,1-5H3,(H,34,42)(H,35,39)/t24-,25-,26+/m0/s1. The number of alkyl carbamates (subject to hydrolysis) is 1. The van der Waals surface area contributed by atoms with Crippen LogP contribution in [-0.2, 0) is 51.2 Å². The van der Waals surface area contributed by atoms with E-state index in [9.17, 15) is 28.8 Å². The summed E-state index contributed by atoms with van der Waals surface area (Å²) in [6.45, 7) is 8.16. The lowest BCUT2D eigenvalue weighted by Crippen LogP contribution is -2.57. The number of benzene rings is 2. The third-order valence-electron chi connectivity index (χ3n) is 6.53. The number of amides is 3. The first-order chi connectivity index (χ1) is 21.7. The Kier molecular flexibility index (Phi) is 13.2. The quantitative estimate of drug-likeness (QED) is 0.142. The average molecular weight is 656 g/mol.